The van der Waals surface area contributed by atoms with Crippen LogP contribution in [0.5, 0.6) is 0 Å². The second kappa shape index (κ2) is 10.1. The van der Waals surface area contributed by atoms with Crippen LogP contribution in [0, 0.1) is 5.92 Å². The SMILES string of the molecule is C[C@H]1C[C@@H](C(=O)O)CCN1C(=O)CCC(C)(C)NC(=O)OCC1c2ccccc2-c2ccccc21. The van der Waals surface area contributed by atoms with E-state index in [-0.39, 0.29) is 36.8 Å². The molecule has 35 heavy (non-hydrogen) atoms. The fourth-order valence-corrected chi connectivity index (χ4v) is 5.30. The molecule has 0 unspecified atom stereocenters. The molecule has 1 aliphatic carbocycles. The van der Waals surface area contributed by atoms with Gasteiger partial charge in [0.25, 0.3) is 0 Å². The number of alkyl carbamates (subject to hydrolysis) is 1. The van der Waals surface area contributed by atoms with E-state index in [2.05, 4.69) is 29.6 Å². The summed E-state index contributed by atoms with van der Waals surface area (Å²) >= 11 is 0. The number of amides is 2. The first-order chi connectivity index (χ1) is 16.7. The Labute approximate surface area is 206 Å². The molecular weight excluding hydrogens is 444 g/mol. The highest BCUT2D eigenvalue weighted by atomic mass is 16.5. The molecule has 4 rings (SSSR count). The number of aliphatic carboxylic acids is 1. The van der Waals surface area contributed by atoms with Crippen LogP contribution >= 0.6 is 0 Å². The van der Waals surface area contributed by atoms with Crippen LogP contribution in [0.3, 0.4) is 0 Å². The zero-order valence-corrected chi connectivity index (χ0v) is 20.6. The molecule has 0 bridgehead atoms. The highest BCUT2D eigenvalue weighted by Crippen LogP contribution is 2.44. The third kappa shape index (κ3) is 5.50. The maximum absolute atomic E-state index is 12.8. The van der Waals surface area contributed by atoms with Gasteiger partial charge in [0, 0.05) is 30.5 Å². The number of likely N-dealkylation sites (tertiary alicyclic amines) is 1. The second-order valence-electron chi connectivity index (χ2n) is 10.3. The molecule has 2 aromatic rings. The molecule has 0 aromatic heterocycles. The number of piperidine rings is 1. The number of nitrogens with zero attached hydrogens (tertiary/aromatic N) is 1. The van der Waals surface area contributed by atoms with Crippen molar-refractivity contribution in [3.63, 3.8) is 0 Å². The number of carboxylic acid groups (broad SMARTS) is 1. The molecule has 1 aliphatic heterocycles. The van der Waals surface area contributed by atoms with Gasteiger partial charge in [0.2, 0.25) is 5.91 Å². The fourth-order valence-electron chi connectivity index (χ4n) is 5.30. The van der Waals surface area contributed by atoms with Gasteiger partial charge in [0.15, 0.2) is 0 Å². The predicted octanol–water partition coefficient (Wildman–Crippen LogP) is 4.80. The van der Waals surface area contributed by atoms with Gasteiger partial charge in [-0.2, -0.15) is 0 Å². The van der Waals surface area contributed by atoms with Crippen LogP contribution in [-0.2, 0) is 14.3 Å². The van der Waals surface area contributed by atoms with Crippen LogP contribution in [0.15, 0.2) is 48.5 Å². The average Bonchev–Trinajstić information content (AvgIpc) is 3.14. The summed E-state index contributed by atoms with van der Waals surface area (Å²) in [6.07, 6.45) is 1.19. The van der Waals surface area contributed by atoms with Crippen molar-refractivity contribution >= 4 is 18.0 Å². The normalized spacial score (nSPS) is 19.6. The van der Waals surface area contributed by atoms with Gasteiger partial charge in [-0.3, -0.25) is 9.59 Å². The van der Waals surface area contributed by atoms with Gasteiger partial charge in [-0.25, -0.2) is 4.79 Å². The lowest BCUT2D eigenvalue weighted by molar-refractivity contribution is -0.147. The van der Waals surface area contributed by atoms with Crippen molar-refractivity contribution in [1.29, 1.82) is 0 Å². The first-order valence-electron chi connectivity index (χ1n) is 12.3. The monoisotopic (exact) mass is 478 g/mol. The maximum Gasteiger partial charge on any atom is 0.407 e. The van der Waals surface area contributed by atoms with E-state index >= 15 is 0 Å². The van der Waals surface area contributed by atoms with Crippen molar-refractivity contribution < 1.29 is 24.2 Å². The third-order valence-electron chi connectivity index (χ3n) is 7.29. The zero-order valence-electron chi connectivity index (χ0n) is 20.6. The first-order valence-corrected chi connectivity index (χ1v) is 12.3. The van der Waals surface area contributed by atoms with Gasteiger partial charge in [0.1, 0.15) is 6.61 Å². The van der Waals surface area contributed by atoms with Crippen molar-refractivity contribution in [2.45, 2.75) is 64.0 Å². The molecule has 7 heteroatoms. The van der Waals surface area contributed by atoms with Gasteiger partial charge < -0.3 is 20.1 Å². The van der Waals surface area contributed by atoms with Gasteiger partial charge in [-0.05, 0) is 62.3 Å². The molecule has 2 aromatic carbocycles. The van der Waals surface area contributed by atoms with Crippen molar-refractivity contribution in [3.05, 3.63) is 59.7 Å². The summed E-state index contributed by atoms with van der Waals surface area (Å²) in [7, 11) is 0. The van der Waals surface area contributed by atoms with Gasteiger partial charge >= 0.3 is 12.1 Å². The van der Waals surface area contributed by atoms with Crippen molar-refractivity contribution in [2.24, 2.45) is 5.92 Å². The van der Waals surface area contributed by atoms with Crippen LogP contribution in [0.2, 0.25) is 0 Å². The summed E-state index contributed by atoms with van der Waals surface area (Å²) in [4.78, 5) is 38.4. The molecule has 2 amide bonds. The molecule has 1 heterocycles. The van der Waals surface area contributed by atoms with Crippen molar-refractivity contribution in [3.8, 4) is 11.1 Å². The number of benzene rings is 2. The number of carbonyl (C=O) groups excluding carboxylic acids is 2. The summed E-state index contributed by atoms with van der Waals surface area (Å²) in [6, 6.07) is 16.3. The lowest BCUT2D eigenvalue weighted by Gasteiger charge is -2.37. The Balaban J connectivity index is 1.28. The quantitative estimate of drug-likeness (QED) is 0.596. The lowest BCUT2D eigenvalue weighted by atomic mass is 9.91. The molecule has 2 N–H and O–H groups in total. The number of hydrogen-bond acceptors (Lipinski definition) is 4. The predicted molar refractivity (Wildman–Crippen MR) is 133 cm³/mol. The van der Waals surface area contributed by atoms with Crippen LogP contribution in [0.4, 0.5) is 4.79 Å². The summed E-state index contributed by atoms with van der Waals surface area (Å²) in [5, 5.41) is 12.1. The van der Waals surface area contributed by atoms with E-state index in [0.29, 0.717) is 25.8 Å². The van der Waals surface area contributed by atoms with E-state index in [4.69, 9.17) is 4.74 Å². The van der Waals surface area contributed by atoms with E-state index in [1.165, 1.54) is 11.1 Å². The molecule has 2 atom stereocenters. The van der Waals surface area contributed by atoms with Gasteiger partial charge in [0.05, 0.1) is 5.92 Å². The van der Waals surface area contributed by atoms with Gasteiger partial charge in [-0.1, -0.05) is 48.5 Å². The van der Waals surface area contributed by atoms with Gasteiger partial charge in [-0.15, -0.1) is 0 Å². The van der Waals surface area contributed by atoms with Crippen molar-refractivity contribution in [1.82, 2.24) is 10.2 Å². The van der Waals surface area contributed by atoms with Crippen LogP contribution < -0.4 is 5.32 Å². The fraction of sp³-hybridized carbons (Fsp3) is 0.464. The summed E-state index contributed by atoms with van der Waals surface area (Å²) < 4.78 is 5.65. The number of carbonyl (C=O) groups is 3. The highest BCUT2D eigenvalue weighted by molar-refractivity contribution is 5.79. The molecule has 1 fully saturated rings. The van der Waals surface area contributed by atoms with E-state index in [9.17, 15) is 19.5 Å². The van der Waals surface area contributed by atoms with E-state index < -0.39 is 17.6 Å². The largest absolute Gasteiger partial charge is 0.481 e. The number of ether oxygens (including phenoxy) is 1. The topological polar surface area (TPSA) is 95.9 Å². The third-order valence-corrected chi connectivity index (χ3v) is 7.29. The molecule has 0 radical (unpaired) electrons. The number of carboxylic acids is 1. The molecule has 0 saturated carbocycles. The minimum Gasteiger partial charge on any atom is -0.481 e. The molecule has 2 aliphatic rings. The maximum atomic E-state index is 12.8. The second-order valence-corrected chi connectivity index (χ2v) is 10.3. The molecule has 186 valence electrons. The van der Waals surface area contributed by atoms with Crippen LogP contribution in [0.1, 0.15) is 63.5 Å². The Kier molecular flexibility index (Phi) is 7.15. The number of rotatable bonds is 7. The summed E-state index contributed by atoms with van der Waals surface area (Å²) in [5.74, 6) is -1.20. The number of hydrogen-bond donors (Lipinski definition) is 2. The smallest absolute Gasteiger partial charge is 0.407 e. The van der Waals surface area contributed by atoms with E-state index in [0.717, 1.165) is 11.1 Å². The minimum absolute atomic E-state index is 0.00643. The highest BCUT2D eigenvalue weighted by Gasteiger charge is 2.33. The molecular formula is C28H34N2O5. The first kappa shape index (κ1) is 24.8. The van der Waals surface area contributed by atoms with E-state index in [1.54, 1.807) is 4.90 Å². The van der Waals surface area contributed by atoms with Crippen LogP contribution in [-0.4, -0.2) is 52.7 Å². The molecule has 0 spiro atoms. The summed E-state index contributed by atoms with van der Waals surface area (Å²) in [5.41, 5.74) is 4.05. The Hall–Kier alpha value is -3.35. The summed E-state index contributed by atoms with van der Waals surface area (Å²) in [6.45, 7) is 6.35. The van der Waals surface area contributed by atoms with Crippen LogP contribution in [0.25, 0.3) is 11.1 Å². The Morgan fingerprint density at radius 2 is 1.66 bits per heavy atom. The standard InChI is InChI=1S/C28H34N2O5/c1-18-16-19(26(32)33)13-15-30(18)25(31)12-14-28(2,3)29-27(34)35-17-24-22-10-6-4-8-20(22)21-9-5-7-11-23(21)24/h4-11,18-19,24H,12-17H2,1-3H3,(H,29,34)(H,32,33)/t18-,19-/m0/s1. The Morgan fingerprint density at radius 3 is 2.23 bits per heavy atom. The minimum atomic E-state index is -0.794. The molecule has 1 saturated heterocycles. The Bertz CT molecular complexity index is 1070. The zero-order chi connectivity index (χ0) is 25.2. The van der Waals surface area contributed by atoms with Crippen molar-refractivity contribution in [2.75, 3.05) is 13.2 Å². The Morgan fingerprint density at radius 1 is 1.06 bits per heavy atom. The average molecular weight is 479 g/mol. The number of nitrogens with one attached hydrogen (secondary N) is 1. The molecule has 7 nitrogen and oxygen atoms in total. The lowest BCUT2D eigenvalue weighted by Crippen LogP contribution is -2.48. The number of fused-ring (bicyclic) bond motifs is 3. The van der Waals surface area contributed by atoms with E-state index in [1.807, 2.05) is 45.0 Å².